The number of benzene rings is 1. The van der Waals surface area contributed by atoms with Gasteiger partial charge >= 0.3 is 0 Å². The monoisotopic (exact) mass is 427 g/mol. The summed E-state index contributed by atoms with van der Waals surface area (Å²) in [6.45, 7) is 3.07. The summed E-state index contributed by atoms with van der Waals surface area (Å²) in [5.74, 6) is 0.0312. The second-order valence-electron chi connectivity index (χ2n) is 6.42. The molecule has 2 amide bonds. The minimum atomic E-state index is -0.154. The van der Waals surface area contributed by atoms with Crippen LogP contribution in [0.15, 0.2) is 18.2 Å². The Morgan fingerprint density at radius 2 is 2.09 bits per heavy atom. The average Bonchev–Trinajstić information content (AvgIpc) is 3.18. The summed E-state index contributed by atoms with van der Waals surface area (Å²) in [6.07, 6.45) is 3.99. The number of nitrogens with zero attached hydrogens (tertiary/aromatic N) is 1. The van der Waals surface area contributed by atoms with Crippen molar-refractivity contribution in [1.29, 1.82) is 0 Å². The van der Waals surface area contributed by atoms with Crippen LogP contribution in [0.1, 0.15) is 31.2 Å². The third-order valence-electron chi connectivity index (χ3n) is 4.40. The lowest BCUT2D eigenvalue weighted by Gasteiger charge is -2.23. The largest absolute Gasteiger partial charge is 0.352 e. The van der Waals surface area contributed by atoms with Gasteiger partial charge in [-0.15, -0.1) is 0 Å². The van der Waals surface area contributed by atoms with Gasteiger partial charge in [0.1, 0.15) is 0 Å². The van der Waals surface area contributed by atoms with Crippen molar-refractivity contribution in [3.63, 3.8) is 0 Å². The smallest absolute Gasteiger partial charge is 0.238 e. The van der Waals surface area contributed by atoms with Gasteiger partial charge in [-0.2, -0.15) is 0 Å². The minimum absolute atomic E-state index is 0.0552. The van der Waals surface area contributed by atoms with Crippen LogP contribution in [0.3, 0.4) is 0 Å². The maximum absolute atomic E-state index is 12.3. The van der Waals surface area contributed by atoms with Crippen LogP contribution in [-0.2, 0) is 9.59 Å². The molecule has 0 bridgehead atoms. The second kappa shape index (κ2) is 7.17. The zero-order chi connectivity index (χ0) is 16.4. The summed E-state index contributed by atoms with van der Waals surface area (Å²) >= 11 is 2.25. The van der Waals surface area contributed by atoms with Crippen molar-refractivity contribution in [3.8, 4) is 0 Å². The maximum atomic E-state index is 12.3. The number of hydrogen-bond donors (Lipinski definition) is 2. The maximum Gasteiger partial charge on any atom is 0.238 e. The molecule has 1 saturated heterocycles. The lowest BCUT2D eigenvalue weighted by molar-refractivity contribution is -0.126. The van der Waals surface area contributed by atoms with Crippen molar-refractivity contribution in [3.05, 3.63) is 27.3 Å². The van der Waals surface area contributed by atoms with Crippen LogP contribution in [0.4, 0.5) is 5.69 Å². The standard InChI is InChI=1S/C17H22IN3O2/c1-11-9-12(18)4-7-14(11)20-16(22)10-21-8-2-3-15(21)17(23)19-13-5-6-13/h4,7,9,13,15H,2-3,5-6,8,10H2,1H3,(H,19,23)(H,20,22). The molecule has 3 rings (SSSR count). The van der Waals surface area contributed by atoms with Crippen molar-refractivity contribution in [2.45, 2.75) is 44.7 Å². The van der Waals surface area contributed by atoms with E-state index < -0.39 is 0 Å². The van der Waals surface area contributed by atoms with E-state index in [1.807, 2.05) is 30.0 Å². The number of carbonyl (C=O) groups is 2. The molecule has 2 fully saturated rings. The number of nitrogens with one attached hydrogen (secondary N) is 2. The number of halogens is 1. The van der Waals surface area contributed by atoms with Crippen LogP contribution in [0, 0.1) is 10.5 Å². The molecule has 5 nitrogen and oxygen atoms in total. The van der Waals surface area contributed by atoms with Crippen LogP contribution in [-0.4, -0.2) is 41.9 Å². The van der Waals surface area contributed by atoms with Gasteiger partial charge in [-0.3, -0.25) is 14.5 Å². The highest BCUT2D eigenvalue weighted by Crippen LogP contribution is 2.23. The van der Waals surface area contributed by atoms with Gasteiger partial charge < -0.3 is 10.6 Å². The fourth-order valence-corrected chi connectivity index (χ4v) is 3.63. The number of hydrogen-bond acceptors (Lipinski definition) is 3. The number of rotatable bonds is 5. The third-order valence-corrected chi connectivity index (χ3v) is 5.07. The summed E-state index contributed by atoms with van der Waals surface area (Å²) in [5.41, 5.74) is 1.89. The summed E-state index contributed by atoms with van der Waals surface area (Å²) in [5, 5.41) is 6.01. The van der Waals surface area contributed by atoms with E-state index >= 15 is 0 Å². The number of aryl methyl sites for hydroxylation is 1. The van der Waals surface area contributed by atoms with Gasteiger partial charge in [0.05, 0.1) is 12.6 Å². The van der Waals surface area contributed by atoms with Gasteiger partial charge in [-0.1, -0.05) is 0 Å². The number of anilines is 1. The molecule has 124 valence electrons. The number of carbonyl (C=O) groups excluding carboxylic acids is 2. The Hall–Kier alpha value is -1.15. The molecule has 1 aliphatic carbocycles. The van der Waals surface area contributed by atoms with E-state index in [1.54, 1.807) is 0 Å². The van der Waals surface area contributed by atoms with Crippen LogP contribution >= 0.6 is 22.6 Å². The number of amides is 2. The van der Waals surface area contributed by atoms with E-state index in [0.29, 0.717) is 6.04 Å². The Morgan fingerprint density at radius 3 is 2.78 bits per heavy atom. The van der Waals surface area contributed by atoms with Gasteiger partial charge in [-0.25, -0.2) is 0 Å². The van der Waals surface area contributed by atoms with Gasteiger partial charge in [0.25, 0.3) is 0 Å². The van der Waals surface area contributed by atoms with Crippen LogP contribution in [0.25, 0.3) is 0 Å². The first-order chi connectivity index (χ1) is 11.0. The van der Waals surface area contributed by atoms with E-state index in [0.717, 1.165) is 47.0 Å². The SMILES string of the molecule is Cc1cc(I)ccc1NC(=O)CN1CCCC1C(=O)NC1CC1. The molecular weight excluding hydrogens is 405 g/mol. The van der Waals surface area contributed by atoms with E-state index in [-0.39, 0.29) is 24.4 Å². The first-order valence-electron chi connectivity index (χ1n) is 8.13. The molecule has 2 aliphatic rings. The second-order valence-corrected chi connectivity index (χ2v) is 7.66. The average molecular weight is 427 g/mol. The Kier molecular flexibility index (Phi) is 5.21. The highest BCUT2D eigenvalue weighted by Gasteiger charge is 2.34. The molecule has 1 aromatic carbocycles. The fourth-order valence-electron chi connectivity index (χ4n) is 2.98. The molecule has 1 unspecified atom stereocenters. The molecule has 1 heterocycles. The molecular formula is C17H22IN3O2. The summed E-state index contributed by atoms with van der Waals surface area (Å²) in [6, 6.07) is 6.16. The van der Waals surface area contributed by atoms with Gasteiger partial charge in [0.15, 0.2) is 0 Å². The van der Waals surface area contributed by atoms with Gasteiger partial charge in [0.2, 0.25) is 11.8 Å². The molecule has 1 aliphatic heterocycles. The predicted octanol–water partition coefficient (Wildman–Crippen LogP) is 2.28. The summed E-state index contributed by atoms with van der Waals surface area (Å²) in [4.78, 5) is 26.6. The highest BCUT2D eigenvalue weighted by atomic mass is 127. The Labute approximate surface area is 150 Å². The lowest BCUT2D eigenvalue weighted by atomic mass is 10.2. The molecule has 23 heavy (non-hydrogen) atoms. The molecule has 1 atom stereocenters. The van der Waals surface area contributed by atoms with Crippen LogP contribution in [0.5, 0.6) is 0 Å². The van der Waals surface area contributed by atoms with Gasteiger partial charge in [-0.05, 0) is 85.5 Å². The molecule has 1 aromatic rings. The van der Waals surface area contributed by atoms with Crippen molar-refractivity contribution in [2.75, 3.05) is 18.4 Å². The van der Waals surface area contributed by atoms with Gasteiger partial charge in [0, 0.05) is 15.3 Å². The molecule has 6 heteroatoms. The molecule has 0 radical (unpaired) electrons. The zero-order valence-corrected chi connectivity index (χ0v) is 15.4. The molecule has 2 N–H and O–H groups in total. The first kappa shape index (κ1) is 16.7. The highest BCUT2D eigenvalue weighted by molar-refractivity contribution is 14.1. The Morgan fingerprint density at radius 1 is 1.30 bits per heavy atom. The minimum Gasteiger partial charge on any atom is -0.352 e. The van der Waals surface area contributed by atoms with Crippen molar-refractivity contribution in [1.82, 2.24) is 10.2 Å². The van der Waals surface area contributed by atoms with E-state index in [9.17, 15) is 9.59 Å². The predicted molar refractivity (Wildman–Crippen MR) is 98.3 cm³/mol. The van der Waals surface area contributed by atoms with Crippen molar-refractivity contribution in [2.24, 2.45) is 0 Å². The van der Waals surface area contributed by atoms with Crippen LogP contribution in [0.2, 0.25) is 0 Å². The normalized spacial score (nSPS) is 21.2. The summed E-state index contributed by atoms with van der Waals surface area (Å²) in [7, 11) is 0. The lowest BCUT2D eigenvalue weighted by Crippen LogP contribution is -2.46. The summed E-state index contributed by atoms with van der Waals surface area (Å²) < 4.78 is 1.15. The number of likely N-dealkylation sites (tertiary alicyclic amines) is 1. The quantitative estimate of drug-likeness (QED) is 0.710. The Bertz CT molecular complexity index is 616. The molecule has 0 spiro atoms. The molecule has 1 saturated carbocycles. The van der Waals surface area contributed by atoms with Crippen molar-refractivity contribution < 1.29 is 9.59 Å². The molecule has 0 aromatic heterocycles. The first-order valence-corrected chi connectivity index (χ1v) is 9.21. The van der Waals surface area contributed by atoms with E-state index in [2.05, 4.69) is 33.2 Å². The topological polar surface area (TPSA) is 61.4 Å². The zero-order valence-electron chi connectivity index (χ0n) is 13.3. The fraction of sp³-hybridized carbons (Fsp3) is 0.529. The van der Waals surface area contributed by atoms with E-state index in [4.69, 9.17) is 0 Å². The third kappa shape index (κ3) is 4.44. The van der Waals surface area contributed by atoms with Crippen LogP contribution < -0.4 is 10.6 Å². The van der Waals surface area contributed by atoms with E-state index in [1.165, 1.54) is 0 Å². The Balaban J connectivity index is 1.56. The van der Waals surface area contributed by atoms with Crippen molar-refractivity contribution >= 4 is 40.1 Å².